The van der Waals surface area contributed by atoms with Crippen LogP contribution in [0, 0.1) is 5.92 Å². The molecule has 0 aliphatic carbocycles. The fourth-order valence-electron chi connectivity index (χ4n) is 2.74. The summed E-state index contributed by atoms with van der Waals surface area (Å²) in [6.07, 6.45) is 4.28. The van der Waals surface area contributed by atoms with Gasteiger partial charge in [0.1, 0.15) is 12.2 Å². The van der Waals surface area contributed by atoms with Crippen LogP contribution in [0.4, 0.5) is 0 Å². The number of hydrogen-bond acceptors (Lipinski definition) is 4. The monoisotopic (exact) mass is 279 g/mol. The Morgan fingerprint density at radius 2 is 2.20 bits per heavy atom. The highest BCUT2D eigenvalue weighted by atomic mass is 15.4. The molecule has 1 atom stereocenters. The van der Waals surface area contributed by atoms with Crippen molar-refractivity contribution in [3.8, 4) is 0 Å². The van der Waals surface area contributed by atoms with E-state index in [0.29, 0.717) is 18.0 Å². The second kappa shape index (κ2) is 7.18. The number of nitrogens with one attached hydrogen (secondary N) is 1. The van der Waals surface area contributed by atoms with Crippen LogP contribution in [0.1, 0.15) is 46.4 Å². The summed E-state index contributed by atoms with van der Waals surface area (Å²) in [7, 11) is 0. The molecule has 0 radical (unpaired) electrons. The number of nitrogens with zero attached hydrogens (tertiary/aromatic N) is 4. The average Bonchev–Trinajstić information content (AvgIpc) is 3.00. The van der Waals surface area contributed by atoms with Crippen molar-refractivity contribution < 1.29 is 0 Å². The fraction of sp³-hybridized carbons (Fsp3) is 0.867. The fourth-order valence-corrected chi connectivity index (χ4v) is 2.74. The summed E-state index contributed by atoms with van der Waals surface area (Å²) in [6.45, 7) is 13.1. The van der Waals surface area contributed by atoms with Crippen molar-refractivity contribution in [1.29, 1.82) is 0 Å². The quantitative estimate of drug-likeness (QED) is 0.828. The molecule has 0 aromatic carbocycles. The van der Waals surface area contributed by atoms with Crippen molar-refractivity contribution in [2.75, 3.05) is 13.1 Å². The Kier molecular flexibility index (Phi) is 5.54. The van der Waals surface area contributed by atoms with Crippen molar-refractivity contribution >= 4 is 0 Å². The zero-order valence-electron chi connectivity index (χ0n) is 13.3. The molecule has 1 aliphatic heterocycles. The van der Waals surface area contributed by atoms with Gasteiger partial charge in [-0.1, -0.05) is 13.8 Å². The molecule has 1 aromatic heterocycles. The molecule has 1 fully saturated rings. The first kappa shape index (κ1) is 15.4. The van der Waals surface area contributed by atoms with Crippen molar-refractivity contribution in [2.24, 2.45) is 5.92 Å². The van der Waals surface area contributed by atoms with Crippen LogP contribution >= 0.6 is 0 Å². The van der Waals surface area contributed by atoms with Gasteiger partial charge in [-0.25, -0.2) is 9.67 Å². The molecule has 1 aliphatic rings. The van der Waals surface area contributed by atoms with E-state index in [0.717, 1.165) is 25.5 Å². The molecule has 0 saturated carbocycles. The second-order valence-electron chi connectivity index (χ2n) is 6.57. The lowest BCUT2D eigenvalue weighted by Gasteiger charge is -2.29. The maximum Gasteiger partial charge on any atom is 0.141 e. The summed E-state index contributed by atoms with van der Waals surface area (Å²) in [6, 6.07) is 1.17. The SMILES string of the molecule is CC(C)Cn1ncnc1CN(CC1CCCN1)C(C)C. The van der Waals surface area contributed by atoms with Gasteiger partial charge in [-0.2, -0.15) is 5.10 Å². The lowest BCUT2D eigenvalue weighted by molar-refractivity contribution is 0.185. The van der Waals surface area contributed by atoms with Gasteiger partial charge in [0.2, 0.25) is 0 Å². The Balaban J connectivity index is 1.98. The van der Waals surface area contributed by atoms with Gasteiger partial charge in [0.25, 0.3) is 0 Å². The van der Waals surface area contributed by atoms with Crippen LogP contribution in [0.3, 0.4) is 0 Å². The minimum Gasteiger partial charge on any atom is -0.313 e. The van der Waals surface area contributed by atoms with E-state index in [2.05, 4.69) is 52.7 Å². The van der Waals surface area contributed by atoms with Crippen LogP contribution in [0.15, 0.2) is 6.33 Å². The van der Waals surface area contributed by atoms with Crippen molar-refractivity contribution in [3.05, 3.63) is 12.2 Å². The molecular weight excluding hydrogens is 250 g/mol. The van der Waals surface area contributed by atoms with Gasteiger partial charge in [-0.05, 0) is 39.2 Å². The predicted molar refractivity (Wildman–Crippen MR) is 81.4 cm³/mol. The number of rotatable bonds is 7. The average molecular weight is 279 g/mol. The van der Waals surface area contributed by atoms with Crippen molar-refractivity contribution in [1.82, 2.24) is 25.0 Å². The van der Waals surface area contributed by atoms with Gasteiger partial charge in [0.05, 0.1) is 6.54 Å². The molecule has 5 heteroatoms. The minimum atomic E-state index is 0.529. The standard InChI is InChI=1S/C15H29N5/c1-12(2)8-20-15(17-11-18-20)10-19(13(3)4)9-14-6-5-7-16-14/h11-14,16H,5-10H2,1-4H3. The summed E-state index contributed by atoms with van der Waals surface area (Å²) in [5.74, 6) is 1.69. The summed E-state index contributed by atoms with van der Waals surface area (Å²) in [4.78, 5) is 6.96. The third kappa shape index (κ3) is 4.28. The highest BCUT2D eigenvalue weighted by Gasteiger charge is 2.21. The Hall–Kier alpha value is -0.940. The van der Waals surface area contributed by atoms with Crippen LogP contribution in [0.5, 0.6) is 0 Å². The van der Waals surface area contributed by atoms with Gasteiger partial charge >= 0.3 is 0 Å². The molecular formula is C15H29N5. The van der Waals surface area contributed by atoms with Gasteiger partial charge in [0, 0.05) is 25.2 Å². The molecule has 0 bridgehead atoms. The molecule has 1 saturated heterocycles. The first-order valence-electron chi connectivity index (χ1n) is 7.90. The van der Waals surface area contributed by atoms with Crippen LogP contribution in [0.25, 0.3) is 0 Å². The Morgan fingerprint density at radius 1 is 1.40 bits per heavy atom. The zero-order valence-corrected chi connectivity index (χ0v) is 13.3. The van der Waals surface area contributed by atoms with E-state index < -0.39 is 0 Å². The molecule has 0 spiro atoms. The van der Waals surface area contributed by atoms with E-state index in [1.807, 2.05) is 0 Å². The van der Waals surface area contributed by atoms with Crippen molar-refractivity contribution in [3.63, 3.8) is 0 Å². The Labute approximate surface area is 122 Å². The molecule has 2 rings (SSSR count). The Morgan fingerprint density at radius 3 is 2.80 bits per heavy atom. The molecule has 1 N–H and O–H groups in total. The molecule has 1 aromatic rings. The summed E-state index contributed by atoms with van der Waals surface area (Å²) < 4.78 is 2.06. The third-order valence-corrected chi connectivity index (χ3v) is 3.93. The zero-order chi connectivity index (χ0) is 14.5. The minimum absolute atomic E-state index is 0.529. The summed E-state index contributed by atoms with van der Waals surface area (Å²) >= 11 is 0. The topological polar surface area (TPSA) is 46.0 Å². The number of hydrogen-bond donors (Lipinski definition) is 1. The molecule has 114 valence electrons. The van der Waals surface area contributed by atoms with Crippen LogP contribution in [0.2, 0.25) is 0 Å². The first-order chi connectivity index (χ1) is 9.56. The summed E-state index contributed by atoms with van der Waals surface area (Å²) in [5.41, 5.74) is 0. The maximum absolute atomic E-state index is 4.46. The lowest BCUT2D eigenvalue weighted by atomic mass is 10.2. The molecule has 1 unspecified atom stereocenters. The van der Waals surface area contributed by atoms with Crippen LogP contribution in [-0.4, -0.2) is 44.8 Å². The molecule has 5 nitrogen and oxygen atoms in total. The normalized spacial score (nSPS) is 19.6. The van der Waals surface area contributed by atoms with Gasteiger partial charge in [-0.3, -0.25) is 4.90 Å². The predicted octanol–water partition coefficient (Wildman–Crippen LogP) is 1.90. The number of aromatic nitrogens is 3. The second-order valence-corrected chi connectivity index (χ2v) is 6.57. The maximum atomic E-state index is 4.46. The van der Waals surface area contributed by atoms with E-state index in [4.69, 9.17) is 0 Å². The highest BCUT2D eigenvalue weighted by molar-refractivity contribution is 4.88. The third-order valence-electron chi connectivity index (χ3n) is 3.93. The smallest absolute Gasteiger partial charge is 0.141 e. The van der Waals surface area contributed by atoms with Crippen LogP contribution < -0.4 is 5.32 Å². The van der Waals surface area contributed by atoms with E-state index in [1.54, 1.807) is 6.33 Å². The molecule has 2 heterocycles. The summed E-state index contributed by atoms with van der Waals surface area (Å²) in [5, 5.41) is 7.95. The van der Waals surface area contributed by atoms with E-state index in [9.17, 15) is 0 Å². The molecule has 0 amide bonds. The van der Waals surface area contributed by atoms with E-state index in [1.165, 1.54) is 19.4 Å². The van der Waals surface area contributed by atoms with Crippen LogP contribution in [-0.2, 0) is 13.1 Å². The molecule has 20 heavy (non-hydrogen) atoms. The van der Waals surface area contributed by atoms with Crippen molar-refractivity contribution in [2.45, 2.75) is 65.7 Å². The highest BCUT2D eigenvalue weighted by Crippen LogP contribution is 2.12. The van der Waals surface area contributed by atoms with E-state index >= 15 is 0 Å². The Bertz CT molecular complexity index is 393. The van der Waals surface area contributed by atoms with Gasteiger partial charge in [-0.15, -0.1) is 0 Å². The van der Waals surface area contributed by atoms with Gasteiger partial charge < -0.3 is 5.32 Å². The lowest BCUT2D eigenvalue weighted by Crippen LogP contribution is -2.41. The van der Waals surface area contributed by atoms with E-state index in [-0.39, 0.29) is 0 Å². The largest absolute Gasteiger partial charge is 0.313 e. The first-order valence-corrected chi connectivity index (χ1v) is 7.90. The van der Waals surface area contributed by atoms with Gasteiger partial charge in [0.15, 0.2) is 0 Å².